The van der Waals surface area contributed by atoms with Crippen LogP contribution in [-0.2, 0) is 6.54 Å². The number of hydrogen-bond acceptors (Lipinski definition) is 2. The SMILES string of the molecule is Cc1c(N)cccc1CNC(=O)c1cc(Br)cc(Br)c1. The summed E-state index contributed by atoms with van der Waals surface area (Å²) in [7, 11) is 0. The van der Waals surface area contributed by atoms with Crippen molar-refractivity contribution in [2.24, 2.45) is 0 Å². The van der Waals surface area contributed by atoms with Crippen molar-refractivity contribution in [2.75, 3.05) is 5.73 Å². The van der Waals surface area contributed by atoms with E-state index in [2.05, 4.69) is 37.2 Å². The summed E-state index contributed by atoms with van der Waals surface area (Å²) in [6.45, 7) is 2.41. The number of benzene rings is 2. The molecule has 0 aliphatic heterocycles. The Morgan fingerprint density at radius 1 is 1.20 bits per heavy atom. The number of carbonyl (C=O) groups excluding carboxylic acids is 1. The Kier molecular flexibility index (Phi) is 4.83. The number of nitrogens with one attached hydrogen (secondary N) is 1. The zero-order valence-electron chi connectivity index (χ0n) is 10.9. The molecule has 2 aromatic carbocycles. The number of halogens is 2. The van der Waals surface area contributed by atoms with Gasteiger partial charge in [-0.05, 0) is 42.3 Å². The van der Waals surface area contributed by atoms with Crippen molar-refractivity contribution in [2.45, 2.75) is 13.5 Å². The Hall–Kier alpha value is -1.33. The van der Waals surface area contributed by atoms with Gasteiger partial charge in [0.1, 0.15) is 0 Å². The second kappa shape index (κ2) is 6.41. The molecule has 0 saturated carbocycles. The lowest BCUT2D eigenvalue weighted by atomic mass is 10.1. The Morgan fingerprint density at radius 2 is 1.85 bits per heavy atom. The van der Waals surface area contributed by atoms with E-state index in [4.69, 9.17) is 5.73 Å². The number of anilines is 1. The van der Waals surface area contributed by atoms with Crippen molar-refractivity contribution >= 4 is 43.5 Å². The molecule has 104 valence electrons. The van der Waals surface area contributed by atoms with Gasteiger partial charge in [0.2, 0.25) is 0 Å². The summed E-state index contributed by atoms with van der Waals surface area (Å²) in [5.74, 6) is -0.117. The van der Waals surface area contributed by atoms with Gasteiger partial charge in [-0.3, -0.25) is 4.79 Å². The quantitative estimate of drug-likeness (QED) is 0.768. The summed E-state index contributed by atoms with van der Waals surface area (Å²) in [4.78, 5) is 12.1. The number of amides is 1. The molecule has 0 saturated heterocycles. The molecule has 20 heavy (non-hydrogen) atoms. The normalized spacial score (nSPS) is 10.3. The molecule has 0 aliphatic rings. The van der Waals surface area contributed by atoms with Gasteiger partial charge in [-0.25, -0.2) is 0 Å². The lowest BCUT2D eigenvalue weighted by Gasteiger charge is -2.10. The first-order chi connectivity index (χ1) is 9.47. The minimum Gasteiger partial charge on any atom is -0.399 e. The molecule has 3 N–H and O–H groups in total. The molecule has 3 nitrogen and oxygen atoms in total. The maximum Gasteiger partial charge on any atom is 0.251 e. The molecule has 0 radical (unpaired) electrons. The zero-order chi connectivity index (χ0) is 14.7. The number of hydrogen-bond donors (Lipinski definition) is 2. The van der Waals surface area contributed by atoms with Gasteiger partial charge < -0.3 is 11.1 Å². The van der Waals surface area contributed by atoms with Gasteiger partial charge in [-0.2, -0.15) is 0 Å². The van der Waals surface area contributed by atoms with Gasteiger partial charge in [0.15, 0.2) is 0 Å². The van der Waals surface area contributed by atoms with E-state index in [0.717, 1.165) is 25.8 Å². The minimum absolute atomic E-state index is 0.117. The topological polar surface area (TPSA) is 55.1 Å². The molecule has 2 aromatic rings. The van der Waals surface area contributed by atoms with Gasteiger partial charge in [-0.15, -0.1) is 0 Å². The molecular weight excluding hydrogens is 384 g/mol. The van der Waals surface area contributed by atoms with Crippen molar-refractivity contribution in [1.82, 2.24) is 5.32 Å². The first kappa shape index (κ1) is 15.1. The molecular formula is C15H14Br2N2O. The first-order valence-corrected chi connectivity index (χ1v) is 7.64. The molecule has 0 heterocycles. The van der Waals surface area contributed by atoms with Crippen molar-refractivity contribution in [3.05, 3.63) is 62.0 Å². The van der Waals surface area contributed by atoms with Gasteiger partial charge >= 0.3 is 0 Å². The number of nitrogen functional groups attached to an aromatic ring is 1. The molecule has 0 aliphatic carbocycles. The van der Waals surface area contributed by atoms with Crippen LogP contribution >= 0.6 is 31.9 Å². The van der Waals surface area contributed by atoms with Crippen LogP contribution < -0.4 is 11.1 Å². The van der Waals surface area contributed by atoms with Crippen molar-refractivity contribution in [3.8, 4) is 0 Å². The molecule has 0 fully saturated rings. The highest BCUT2D eigenvalue weighted by Crippen LogP contribution is 2.20. The van der Waals surface area contributed by atoms with Gasteiger partial charge in [0, 0.05) is 26.7 Å². The predicted molar refractivity (Wildman–Crippen MR) is 88.6 cm³/mol. The van der Waals surface area contributed by atoms with Crippen LogP contribution in [0.15, 0.2) is 45.3 Å². The Balaban J connectivity index is 2.10. The van der Waals surface area contributed by atoms with Crippen LogP contribution in [0.5, 0.6) is 0 Å². The zero-order valence-corrected chi connectivity index (χ0v) is 14.1. The van der Waals surface area contributed by atoms with Crippen LogP contribution in [0, 0.1) is 6.92 Å². The molecule has 0 spiro atoms. The van der Waals surface area contributed by atoms with Gasteiger partial charge in [-0.1, -0.05) is 44.0 Å². The standard InChI is InChI=1S/C15H14Br2N2O/c1-9-10(3-2-4-14(9)18)8-19-15(20)11-5-12(16)7-13(17)6-11/h2-7H,8,18H2,1H3,(H,19,20). The van der Waals surface area contributed by atoms with Gasteiger partial charge in [0.25, 0.3) is 5.91 Å². The van der Waals surface area contributed by atoms with Gasteiger partial charge in [0.05, 0.1) is 0 Å². The smallest absolute Gasteiger partial charge is 0.251 e. The molecule has 0 aromatic heterocycles. The Labute approximate surface area is 134 Å². The van der Waals surface area contributed by atoms with Crippen molar-refractivity contribution in [3.63, 3.8) is 0 Å². The average molecular weight is 398 g/mol. The van der Waals surface area contributed by atoms with E-state index in [0.29, 0.717) is 12.1 Å². The second-order valence-corrected chi connectivity index (χ2v) is 6.30. The summed E-state index contributed by atoms with van der Waals surface area (Å²) in [6.07, 6.45) is 0. The van der Waals surface area contributed by atoms with E-state index in [9.17, 15) is 4.79 Å². The Morgan fingerprint density at radius 3 is 2.50 bits per heavy atom. The monoisotopic (exact) mass is 396 g/mol. The van der Waals surface area contributed by atoms with Crippen LogP contribution in [0.1, 0.15) is 21.5 Å². The van der Waals surface area contributed by atoms with E-state index in [1.807, 2.05) is 31.2 Å². The first-order valence-electron chi connectivity index (χ1n) is 6.05. The third-order valence-corrected chi connectivity index (χ3v) is 3.97. The van der Waals surface area contributed by atoms with E-state index >= 15 is 0 Å². The highest BCUT2D eigenvalue weighted by molar-refractivity contribution is 9.11. The fourth-order valence-electron chi connectivity index (χ4n) is 1.86. The third kappa shape index (κ3) is 3.61. The summed E-state index contributed by atoms with van der Waals surface area (Å²) in [5.41, 5.74) is 9.22. The lowest BCUT2D eigenvalue weighted by Crippen LogP contribution is -2.23. The van der Waals surface area contributed by atoms with Crippen LogP contribution in [0.25, 0.3) is 0 Å². The molecule has 0 bridgehead atoms. The number of rotatable bonds is 3. The van der Waals surface area contributed by atoms with E-state index < -0.39 is 0 Å². The highest BCUT2D eigenvalue weighted by atomic mass is 79.9. The van der Waals surface area contributed by atoms with E-state index in [1.54, 1.807) is 12.1 Å². The third-order valence-electron chi connectivity index (χ3n) is 3.05. The van der Waals surface area contributed by atoms with Crippen LogP contribution in [0.2, 0.25) is 0 Å². The summed E-state index contributed by atoms with van der Waals surface area (Å²) < 4.78 is 1.72. The second-order valence-electron chi connectivity index (χ2n) is 4.47. The minimum atomic E-state index is -0.117. The summed E-state index contributed by atoms with van der Waals surface area (Å²) in [5, 5.41) is 2.90. The maximum atomic E-state index is 12.1. The average Bonchev–Trinajstić information content (AvgIpc) is 2.39. The maximum absolute atomic E-state index is 12.1. The van der Waals surface area contributed by atoms with Crippen molar-refractivity contribution in [1.29, 1.82) is 0 Å². The van der Waals surface area contributed by atoms with Crippen molar-refractivity contribution < 1.29 is 4.79 Å². The molecule has 0 atom stereocenters. The number of carbonyl (C=O) groups is 1. The molecule has 1 amide bonds. The lowest BCUT2D eigenvalue weighted by molar-refractivity contribution is 0.0950. The van der Waals surface area contributed by atoms with Crippen LogP contribution in [0.3, 0.4) is 0 Å². The fraction of sp³-hybridized carbons (Fsp3) is 0.133. The van der Waals surface area contributed by atoms with E-state index in [-0.39, 0.29) is 5.91 Å². The van der Waals surface area contributed by atoms with Crippen LogP contribution in [0.4, 0.5) is 5.69 Å². The summed E-state index contributed by atoms with van der Waals surface area (Å²) >= 11 is 6.74. The largest absolute Gasteiger partial charge is 0.399 e. The Bertz CT molecular complexity index is 636. The molecule has 2 rings (SSSR count). The number of nitrogens with two attached hydrogens (primary N) is 1. The molecule has 5 heteroatoms. The van der Waals surface area contributed by atoms with E-state index in [1.165, 1.54) is 0 Å². The molecule has 0 unspecified atom stereocenters. The predicted octanol–water partition coefficient (Wildman–Crippen LogP) is 4.03. The van der Waals surface area contributed by atoms with Crippen LogP contribution in [-0.4, -0.2) is 5.91 Å². The highest BCUT2D eigenvalue weighted by Gasteiger charge is 2.08. The fourth-order valence-corrected chi connectivity index (χ4v) is 3.15. The summed E-state index contributed by atoms with van der Waals surface area (Å²) in [6, 6.07) is 11.2.